The summed E-state index contributed by atoms with van der Waals surface area (Å²) in [6.45, 7) is 5.10. The molecule has 0 bridgehead atoms. The van der Waals surface area contributed by atoms with E-state index in [4.69, 9.17) is 4.74 Å². The molecule has 0 amide bonds. The second-order valence-corrected chi connectivity index (χ2v) is 6.82. The molecule has 10 nitrogen and oxygen atoms in total. The maximum absolute atomic E-state index is 11.1. The van der Waals surface area contributed by atoms with Gasteiger partial charge in [-0.3, -0.25) is 14.8 Å². The average molecular weight is 401 g/mol. The standard InChI is InChI=1S/C17H19N7O3S/c1-11-16(24(25)26)12(2)22(21-11)10-28-17-20-19-13(3)23(17)18-9-14-5-7-15(27-4)8-6-14/h5-9H,10H2,1-4H3/b18-9-. The molecule has 3 rings (SSSR count). The lowest BCUT2D eigenvalue weighted by atomic mass is 10.2. The van der Waals surface area contributed by atoms with Crippen molar-refractivity contribution in [3.8, 4) is 5.75 Å². The molecule has 2 aromatic heterocycles. The fraction of sp³-hybridized carbons (Fsp3) is 0.294. The van der Waals surface area contributed by atoms with Gasteiger partial charge in [-0.25, -0.2) is 0 Å². The molecule has 0 N–H and O–H groups in total. The van der Waals surface area contributed by atoms with Crippen molar-refractivity contribution in [2.24, 2.45) is 5.10 Å². The third kappa shape index (κ3) is 4.03. The SMILES string of the molecule is COc1ccc(/C=N\n2c(C)nnc2SCn2nc(C)c([N+](=O)[O-])c2C)cc1. The first-order chi connectivity index (χ1) is 13.4. The van der Waals surface area contributed by atoms with E-state index in [9.17, 15) is 10.1 Å². The molecule has 0 fully saturated rings. The van der Waals surface area contributed by atoms with Gasteiger partial charge in [0.1, 0.15) is 17.1 Å². The number of methoxy groups -OCH3 is 1. The van der Waals surface area contributed by atoms with Gasteiger partial charge in [0.25, 0.3) is 0 Å². The third-order valence-electron chi connectivity index (χ3n) is 4.05. The van der Waals surface area contributed by atoms with E-state index in [0.29, 0.717) is 28.2 Å². The van der Waals surface area contributed by atoms with Crippen molar-refractivity contribution >= 4 is 23.7 Å². The van der Waals surface area contributed by atoms with Crippen LogP contribution in [0.2, 0.25) is 0 Å². The lowest BCUT2D eigenvalue weighted by Crippen LogP contribution is -2.02. The minimum absolute atomic E-state index is 0.0378. The number of hydrogen-bond acceptors (Lipinski definition) is 8. The van der Waals surface area contributed by atoms with Crippen LogP contribution in [0.5, 0.6) is 5.75 Å². The van der Waals surface area contributed by atoms with Crippen molar-refractivity contribution in [1.82, 2.24) is 24.7 Å². The predicted octanol–water partition coefficient (Wildman–Crippen LogP) is 2.95. The number of rotatable bonds is 7. The van der Waals surface area contributed by atoms with E-state index in [1.54, 1.807) is 43.5 Å². The summed E-state index contributed by atoms with van der Waals surface area (Å²) in [4.78, 5) is 10.7. The number of aryl methyl sites for hydroxylation is 2. The maximum Gasteiger partial charge on any atom is 0.312 e. The Morgan fingerprint density at radius 3 is 2.57 bits per heavy atom. The molecular formula is C17H19N7O3S. The van der Waals surface area contributed by atoms with E-state index in [0.717, 1.165) is 11.3 Å². The van der Waals surface area contributed by atoms with Gasteiger partial charge in [-0.1, -0.05) is 11.8 Å². The second kappa shape index (κ2) is 8.21. The second-order valence-electron chi connectivity index (χ2n) is 5.91. The molecule has 1 aromatic carbocycles. The quantitative estimate of drug-likeness (QED) is 0.259. The van der Waals surface area contributed by atoms with Crippen molar-refractivity contribution in [1.29, 1.82) is 0 Å². The highest BCUT2D eigenvalue weighted by molar-refractivity contribution is 7.98. The summed E-state index contributed by atoms with van der Waals surface area (Å²) >= 11 is 1.34. The van der Waals surface area contributed by atoms with E-state index in [1.807, 2.05) is 24.3 Å². The number of ether oxygens (including phenoxy) is 1. The predicted molar refractivity (Wildman–Crippen MR) is 105 cm³/mol. The van der Waals surface area contributed by atoms with Crippen molar-refractivity contribution in [2.45, 2.75) is 31.8 Å². The molecule has 3 aromatic rings. The highest BCUT2D eigenvalue weighted by Crippen LogP contribution is 2.25. The van der Waals surface area contributed by atoms with Crippen LogP contribution in [0.1, 0.15) is 22.8 Å². The van der Waals surface area contributed by atoms with Crippen LogP contribution in [-0.4, -0.2) is 42.9 Å². The summed E-state index contributed by atoms with van der Waals surface area (Å²) in [5.41, 5.74) is 1.83. The van der Waals surface area contributed by atoms with Crippen LogP contribution in [0, 0.1) is 30.9 Å². The van der Waals surface area contributed by atoms with Gasteiger partial charge >= 0.3 is 5.69 Å². The zero-order valence-corrected chi connectivity index (χ0v) is 16.7. The molecule has 0 unspecified atom stereocenters. The van der Waals surface area contributed by atoms with Gasteiger partial charge in [0, 0.05) is 0 Å². The van der Waals surface area contributed by atoms with Crippen LogP contribution in [-0.2, 0) is 5.88 Å². The van der Waals surface area contributed by atoms with Crippen LogP contribution >= 0.6 is 11.8 Å². The topological polar surface area (TPSA) is 113 Å². The van der Waals surface area contributed by atoms with E-state index >= 15 is 0 Å². The lowest BCUT2D eigenvalue weighted by Gasteiger charge is -2.04. The minimum Gasteiger partial charge on any atom is -0.497 e. The van der Waals surface area contributed by atoms with E-state index in [2.05, 4.69) is 20.4 Å². The summed E-state index contributed by atoms with van der Waals surface area (Å²) in [7, 11) is 1.62. The van der Waals surface area contributed by atoms with Crippen LogP contribution in [0.15, 0.2) is 34.5 Å². The molecule has 0 aliphatic rings. The Morgan fingerprint density at radius 2 is 1.96 bits per heavy atom. The van der Waals surface area contributed by atoms with Crippen molar-refractivity contribution in [2.75, 3.05) is 7.11 Å². The zero-order valence-electron chi connectivity index (χ0n) is 15.9. The molecule has 0 aliphatic carbocycles. The van der Waals surface area contributed by atoms with E-state index < -0.39 is 4.92 Å². The number of nitrogens with zero attached hydrogens (tertiary/aromatic N) is 7. The highest BCUT2D eigenvalue weighted by Gasteiger charge is 2.22. The Labute approximate surface area is 165 Å². The Balaban J connectivity index is 1.77. The minimum atomic E-state index is -0.412. The molecule has 0 saturated carbocycles. The van der Waals surface area contributed by atoms with Gasteiger partial charge in [-0.2, -0.15) is 14.9 Å². The Bertz CT molecular complexity index is 1020. The summed E-state index contributed by atoms with van der Waals surface area (Å²) in [6.07, 6.45) is 1.70. The van der Waals surface area contributed by atoms with E-state index in [1.165, 1.54) is 11.8 Å². The number of benzene rings is 1. The lowest BCUT2D eigenvalue weighted by molar-refractivity contribution is -0.386. The van der Waals surface area contributed by atoms with E-state index in [-0.39, 0.29) is 5.69 Å². The van der Waals surface area contributed by atoms with Gasteiger partial charge in [0.2, 0.25) is 5.16 Å². The molecule has 146 valence electrons. The van der Waals surface area contributed by atoms with Crippen molar-refractivity contribution < 1.29 is 9.66 Å². The Hall–Kier alpha value is -3.21. The van der Waals surface area contributed by atoms with Crippen molar-refractivity contribution in [3.63, 3.8) is 0 Å². The molecule has 0 saturated heterocycles. The van der Waals surface area contributed by atoms with Gasteiger partial charge in [0.15, 0.2) is 5.82 Å². The third-order valence-corrected chi connectivity index (χ3v) is 4.93. The molecule has 0 atom stereocenters. The molecule has 0 aliphatic heterocycles. The molecule has 2 heterocycles. The van der Waals surface area contributed by atoms with Crippen LogP contribution < -0.4 is 4.74 Å². The first kappa shape index (κ1) is 19.5. The molecule has 28 heavy (non-hydrogen) atoms. The first-order valence-corrected chi connectivity index (χ1v) is 9.31. The van der Waals surface area contributed by atoms with Crippen molar-refractivity contribution in [3.05, 3.63) is 57.2 Å². The van der Waals surface area contributed by atoms with Gasteiger partial charge in [0.05, 0.1) is 24.1 Å². The fourth-order valence-electron chi connectivity index (χ4n) is 2.57. The molecular weight excluding hydrogens is 382 g/mol. The monoisotopic (exact) mass is 401 g/mol. The summed E-state index contributed by atoms with van der Waals surface area (Å²) in [6, 6.07) is 7.49. The Kier molecular flexibility index (Phi) is 5.73. The first-order valence-electron chi connectivity index (χ1n) is 8.32. The summed E-state index contributed by atoms with van der Waals surface area (Å²) in [5.74, 6) is 1.76. The fourth-order valence-corrected chi connectivity index (χ4v) is 3.46. The van der Waals surface area contributed by atoms with Gasteiger partial charge in [-0.05, 0) is 50.6 Å². The summed E-state index contributed by atoms with van der Waals surface area (Å²) in [5, 5.41) is 28.6. The highest BCUT2D eigenvalue weighted by atomic mass is 32.2. The number of nitro groups is 1. The normalized spacial score (nSPS) is 11.3. The average Bonchev–Trinajstić information content (AvgIpc) is 3.17. The van der Waals surface area contributed by atoms with Crippen LogP contribution in [0.3, 0.4) is 0 Å². The van der Waals surface area contributed by atoms with Crippen LogP contribution in [0.25, 0.3) is 0 Å². The summed E-state index contributed by atoms with van der Waals surface area (Å²) < 4.78 is 8.35. The van der Waals surface area contributed by atoms with Crippen LogP contribution in [0.4, 0.5) is 5.69 Å². The number of aromatic nitrogens is 5. The molecule has 0 radical (unpaired) electrons. The molecule has 11 heteroatoms. The largest absolute Gasteiger partial charge is 0.497 e. The zero-order chi connectivity index (χ0) is 20.3. The number of thioether (sulfide) groups is 1. The Morgan fingerprint density at radius 1 is 1.25 bits per heavy atom. The smallest absolute Gasteiger partial charge is 0.312 e. The maximum atomic E-state index is 11.1. The molecule has 0 spiro atoms. The van der Waals surface area contributed by atoms with Gasteiger partial charge in [-0.15, -0.1) is 10.2 Å². The van der Waals surface area contributed by atoms with Gasteiger partial charge < -0.3 is 4.74 Å². The number of hydrogen-bond donors (Lipinski definition) is 0.